The standard InChI is InChI=1S/C17H25N/c1-4-7-15-8-9-16(12-14(15)5-2)17(13(3)18)10-6-11-17/h8-9,12,18H,4-7,10-11H2,1-3H3. The third-order valence-corrected chi connectivity index (χ3v) is 4.58. The number of benzene rings is 1. The van der Waals surface area contributed by atoms with E-state index in [2.05, 4.69) is 32.0 Å². The maximum absolute atomic E-state index is 8.10. The Hall–Kier alpha value is -1.11. The predicted octanol–water partition coefficient (Wildman–Crippen LogP) is 4.66. The molecule has 0 amide bonds. The smallest absolute Gasteiger partial charge is 0.0326 e. The van der Waals surface area contributed by atoms with Gasteiger partial charge in [-0.25, -0.2) is 0 Å². The lowest BCUT2D eigenvalue weighted by atomic mass is 9.61. The Bertz CT molecular complexity index is 441. The molecule has 0 heterocycles. The monoisotopic (exact) mass is 243 g/mol. The summed E-state index contributed by atoms with van der Waals surface area (Å²) in [6.07, 6.45) is 7.10. The summed E-state index contributed by atoms with van der Waals surface area (Å²) in [6.45, 7) is 6.45. The van der Waals surface area contributed by atoms with Gasteiger partial charge in [0.15, 0.2) is 0 Å². The van der Waals surface area contributed by atoms with E-state index in [4.69, 9.17) is 5.41 Å². The van der Waals surface area contributed by atoms with Crippen molar-refractivity contribution in [3.8, 4) is 0 Å². The fourth-order valence-corrected chi connectivity index (χ4v) is 3.18. The summed E-state index contributed by atoms with van der Waals surface area (Å²) in [4.78, 5) is 0. The molecule has 0 atom stereocenters. The van der Waals surface area contributed by atoms with Gasteiger partial charge in [-0.05, 0) is 49.3 Å². The first-order chi connectivity index (χ1) is 8.64. The highest BCUT2D eigenvalue weighted by Crippen LogP contribution is 2.45. The molecule has 2 rings (SSSR count). The van der Waals surface area contributed by atoms with Crippen LogP contribution in [-0.2, 0) is 18.3 Å². The average Bonchev–Trinajstić information content (AvgIpc) is 2.29. The molecule has 1 N–H and O–H groups in total. The van der Waals surface area contributed by atoms with Gasteiger partial charge < -0.3 is 5.41 Å². The molecule has 0 aromatic heterocycles. The first kappa shape index (κ1) is 13.3. The van der Waals surface area contributed by atoms with Gasteiger partial charge in [0, 0.05) is 11.1 Å². The van der Waals surface area contributed by atoms with Crippen LogP contribution in [0.15, 0.2) is 18.2 Å². The Kier molecular flexibility index (Phi) is 3.89. The quantitative estimate of drug-likeness (QED) is 0.727. The van der Waals surface area contributed by atoms with E-state index in [1.165, 1.54) is 48.8 Å². The van der Waals surface area contributed by atoms with Crippen molar-refractivity contribution in [1.29, 1.82) is 5.41 Å². The molecule has 0 aliphatic heterocycles. The Morgan fingerprint density at radius 2 is 1.94 bits per heavy atom. The summed E-state index contributed by atoms with van der Waals surface area (Å²) >= 11 is 0. The van der Waals surface area contributed by atoms with E-state index in [0.717, 1.165) is 12.1 Å². The highest BCUT2D eigenvalue weighted by molar-refractivity contribution is 5.91. The van der Waals surface area contributed by atoms with E-state index >= 15 is 0 Å². The molecule has 0 spiro atoms. The van der Waals surface area contributed by atoms with Crippen LogP contribution >= 0.6 is 0 Å². The van der Waals surface area contributed by atoms with E-state index in [1.54, 1.807) is 0 Å². The minimum Gasteiger partial charge on any atom is -0.309 e. The lowest BCUT2D eigenvalue weighted by molar-refractivity contribution is 0.337. The summed E-state index contributed by atoms with van der Waals surface area (Å²) in [7, 11) is 0. The maximum Gasteiger partial charge on any atom is 0.0326 e. The predicted molar refractivity (Wildman–Crippen MR) is 78.7 cm³/mol. The molecule has 1 aliphatic carbocycles. The van der Waals surface area contributed by atoms with E-state index in [9.17, 15) is 0 Å². The molecule has 1 nitrogen and oxygen atoms in total. The van der Waals surface area contributed by atoms with Crippen LogP contribution < -0.4 is 0 Å². The lowest BCUT2D eigenvalue weighted by Gasteiger charge is -2.42. The van der Waals surface area contributed by atoms with E-state index in [1.807, 2.05) is 6.92 Å². The molecule has 1 fully saturated rings. The molecule has 1 aromatic rings. The number of rotatable bonds is 5. The summed E-state index contributed by atoms with van der Waals surface area (Å²) in [5.74, 6) is 0. The lowest BCUT2D eigenvalue weighted by Crippen LogP contribution is -2.40. The fourth-order valence-electron chi connectivity index (χ4n) is 3.18. The van der Waals surface area contributed by atoms with Gasteiger partial charge in [-0.1, -0.05) is 44.9 Å². The topological polar surface area (TPSA) is 23.9 Å². The Balaban J connectivity index is 2.37. The largest absolute Gasteiger partial charge is 0.309 e. The summed E-state index contributed by atoms with van der Waals surface area (Å²) in [6, 6.07) is 6.96. The molecule has 0 radical (unpaired) electrons. The summed E-state index contributed by atoms with van der Waals surface area (Å²) in [5, 5.41) is 8.10. The first-order valence-corrected chi connectivity index (χ1v) is 7.32. The molecule has 1 heteroatoms. The summed E-state index contributed by atoms with van der Waals surface area (Å²) in [5.41, 5.74) is 5.30. The second-order valence-corrected chi connectivity index (χ2v) is 5.65. The maximum atomic E-state index is 8.10. The van der Waals surface area contributed by atoms with Crippen molar-refractivity contribution in [2.75, 3.05) is 0 Å². The minimum atomic E-state index is 0.0780. The van der Waals surface area contributed by atoms with Gasteiger partial charge in [0.05, 0.1) is 0 Å². The summed E-state index contributed by atoms with van der Waals surface area (Å²) < 4.78 is 0. The van der Waals surface area contributed by atoms with Crippen molar-refractivity contribution in [2.24, 2.45) is 0 Å². The van der Waals surface area contributed by atoms with Crippen LogP contribution in [0.5, 0.6) is 0 Å². The van der Waals surface area contributed by atoms with Crippen molar-refractivity contribution in [3.63, 3.8) is 0 Å². The molecule has 1 saturated carbocycles. The van der Waals surface area contributed by atoms with Crippen molar-refractivity contribution < 1.29 is 0 Å². The third-order valence-electron chi connectivity index (χ3n) is 4.58. The normalized spacial score (nSPS) is 17.3. The second-order valence-electron chi connectivity index (χ2n) is 5.65. The number of hydrogen-bond acceptors (Lipinski definition) is 1. The molecule has 0 unspecified atom stereocenters. The third kappa shape index (κ3) is 2.11. The van der Waals surface area contributed by atoms with Crippen LogP contribution in [0.3, 0.4) is 0 Å². The van der Waals surface area contributed by atoms with Gasteiger partial charge in [0.25, 0.3) is 0 Å². The number of hydrogen-bond donors (Lipinski definition) is 1. The fraction of sp³-hybridized carbons (Fsp3) is 0.588. The average molecular weight is 243 g/mol. The van der Waals surface area contributed by atoms with Crippen molar-refractivity contribution >= 4 is 5.71 Å². The van der Waals surface area contributed by atoms with Crippen molar-refractivity contribution in [3.05, 3.63) is 34.9 Å². The molecule has 1 aliphatic rings. The first-order valence-electron chi connectivity index (χ1n) is 7.32. The molecule has 98 valence electrons. The zero-order valence-electron chi connectivity index (χ0n) is 12.0. The van der Waals surface area contributed by atoms with Gasteiger partial charge in [-0.3, -0.25) is 0 Å². The van der Waals surface area contributed by atoms with E-state index < -0.39 is 0 Å². The van der Waals surface area contributed by atoms with Crippen LogP contribution in [0.2, 0.25) is 0 Å². The molecular formula is C17H25N. The Morgan fingerprint density at radius 3 is 2.39 bits per heavy atom. The number of nitrogens with one attached hydrogen (secondary N) is 1. The molecule has 1 aromatic carbocycles. The Labute approximate surface area is 111 Å². The van der Waals surface area contributed by atoms with Crippen molar-refractivity contribution in [1.82, 2.24) is 0 Å². The van der Waals surface area contributed by atoms with Gasteiger partial charge in [0.1, 0.15) is 0 Å². The zero-order valence-corrected chi connectivity index (χ0v) is 12.0. The second kappa shape index (κ2) is 5.26. The molecule has 0 saturated heterocycles. The van der Waals surface area contributed by atoms with Crippen molar-refractivity contribution in [2.45, 2.75) is 64.7 Å². The van der Waals surface area contributed by atoms with Gasteiger partial charge >= 0.3 is 0 Å². The molecular weight excluding hydrogens is 218 g/mol. The van der Waals surface area contributed by atoms with Crippen LogP contribution in [-0.4, -0.2) is 5.71 Å². The highest BCUT2D eigenvalue weighted by atomic mass is 14.5. The molecule has 0 bridgehead atoms. The van der Waals surface area contributed by atoms with Crippen LogP contribution in [0.1, 0.15) is 63.1 Å². The van der Waals surface area contributed by atoms with Crippen LogP contribution in [0, 0.1) is 5.41 Å². The molecule has 18 heavy (non-hydrogen) atoms. The zero-order chi connectivity index (χ0) is 13.2. The van der Waals surface area contributed by atoms with E-state index in [0.29, 0.717) is 0 Å². The van der Waals surface area contributed by atoms with Gasteiger partial charge in [-0.2, -0.15) is 0 Å². The van der Waals surface area contributed by atoms with Crippen LogP contribution in [0.25, 0.3) is 0 Å². The SMILES string of the molecule is CCCc1ccc(C2(C(C)=N)CCC2)cc1CC. The highest BCUT2D eigenvalue weighted by Gasteiger charge is 2.40. The van der Waals surface area contributed by atoms with Gasteiger partial charge in [-0.15, -0.1) is 0 Å². The van der Waals surface area contributed by atoms with Gasteiger partial charge in [0.2, 0.25) is 0 Å². The number of aryl methyl sites for hydroxylation is 2. The minimum absolute atomic E-state index is 0.0780. The van der Waals surface area contributed by atoms with E-state index in [-0.39, 0.29) is 5.41 Å². The van der Waals surface area contributed by atoms with Crippen LogP contribution in [0.4, 0.5) is 0 Å². The Morgan fingerprint density at radius 1 is 1.22 bits per heavy atom.